The van der Waals surface area contributed by atoms with Crippen LogP contribution in [0.3, 0.4) is 0 Å². The average molecular weight is 284 g/mol. The van der Waals surface area contributed by atoms with E-state index in [1.807, 2.05) is 19.9 Å². The van der Waals surface area contributed by atoms with Gasteiger partial charge in [0.15, 0.2) is 0 Å². The average Bonchev–Trinajstić information content (AvgIpc) is 2.51. The summed E-state index contributed by atoms with van der Waals surface area (Å²) in [5.41, 5.74) is 0.592. The van der Waals surface area contributed by atoms with E-state index in [0.717, 1.165) is 0 Å². The maximum absolute atomic E-state index is 13.8. The number of halogens is 1. The SMILES string of the molecule is CC.Cc1nc2ccccc2c(=O)n1-c1ccccc1F. The molecule has 3 nitrogen and oxygen atoms in total. The Labute approximate surface area is 122 Å². The normalized spacial score (nSPS) is 10.1. The van der Waals surface area contributed by atoms with Crippen molar-refractivity contribution in [3.63, 3.8) is 0 Å². The first-order valence-electron chi connectivity index (χ1n) is 6.92. The topological polar surface area (TPSA) is 34.9 Å². The highest BCUT2D eigenvalue weighted by atomic mass is 19.1. The lowest BCUT2D eigenvalue weighted by Gasteiger charge is -2.11. The van der Waals surface area contributed by atoms with E-state index in [-0.39, 0.29) is 11.2 Å². The van der Waals surface area contributed by atoms with Crippen LogP contribution in [0.15, 0.2) is 53.3 Å². The van der Waals surface area contributed by atoms with Crippen molar-refractivity contribution in [3.05, 3.63) is 70.5 Å². The molecule has 0 atom stereocenters. The summed E-state index contributed by atoms with van der Waals surface area (Å²) in [6, 6.07) is 13.2. The summed E-state index contributed by atoms with van der Waals surface area (Å²) in [6.45, 7) is 5.69. The highest BCUT2D eigenvalue weighted by molar-refractivity contribution is 5.77. The molecule has 2 aromatic carbocycles. The highest BCUT2D eigenvalue weighted by Gasteiger charge is 2.12. The minimum Gasteiger partial charge on any atom is -0.268 e. The van der Waals surface area contributed by atoms with E-state index in [0.29, 0.717) is 16.7 Å². The number of rotatable bonds is 1. The second kappa shape index (κ2) is 6.31. The smallest absolute Gasteiger partial charge is 0.266 e. The molecule has 4 heteroatoms. The molecule has 0 saturated heterocycles. The van der Waals surface area contributed by atoms with Gasteiger partial charge < -0.3 is 0 Å². The Morgan fingerprint density at radius 1 is 1.00 bits per heavy atom. The van der Waals surface area contributed by atoms with Gasteiger partial charge in [0.05, 0.1) is 16.6 Å². The number of benzene rings is 2. The zero-order valence-corrected chi connectivity index (χ0v) is 12.3. The third-order valence-corrected chi connectivity index (χ3v) is 3.04. The number of aryl methyl sites for hydroxylation is 1. The third kappa shape index (κ3) is 2.70. The van der Waals surface area contributed by atoms with Gasteiger partial charge in [-0.1, -0.05) is 38.1 Å². The summed E-state index contributed by atoms with van der Waals surface area (Å²) in [6.07, 6.45) is 0. The van der Waals surface area contributed by atoms with Crippen molar-refractivity contribution in [2.45, 2.75) is 20.8 Å². The molecular weight excluding hydrogens is 267 g/mol. The molecule has 3 rings (SSSR count). The molecule has 0 unspecified atom stereocenters. The highest BCUT2D eigenvalue weighted by Crippen LogP contribution is 2.14. The second-order valence-electron chi connectivity index (χ2n) is 4.27. The van der Waals surface area contributed by atoms with Crippen molar-refractivity contribution >= 4 is 10.9 Å². The third-order valence-electron chi connectivity index (χ3n) is 3.04. The molecule has 0 N–H and O–H groups in total. The number of nitrogens with zero attached hydrogens (tertiary/aromatic N) is 2. The van der Waals surface area contributed by atoms with E-state index in [4.69, 9.17) is 0 Å². The van der Waals surface area contributed by atoms with Crippen molar-refractivity contribution in [2.24, 2.45) is 0 Å². The number of hydrogen-bond acceptors (Lipinski definition) is 2. The van der Waals surface area contributed by atoms with Gasteiger partial charge in [0.1, 0.15) is 11.6 Å². The van der Waals surface area contributed by atoms with Crippen LogP contribution in [0.2, 0.25) is 0 Å². The fraction of sp³-hybridized carbons (Fsp3) is 0.176. The first-order valence-corrected chi connectivity index (χ1v) is 6.92. The summed E-state index contributed by atoms with van der Waals surface area (Å²) < 4.78 is 15.2. The molecule has 3 aromatic rings. The van der Waals surface area contributed by atoms with Gasteiger partial charge in [0.25, 0.3) is 5.56 Å². The molecule has 108 valence electrons. The van der Waals surface area contributed by atoms with Crippen LogP contribution in [-0.4, -0.2) is 9.55 Å². The summed E-state index contributed by atoms with van der Waals surface area (Å²) in [5.74, 6) is 0.0265. The fourth-order valence-electron chi connectivity index (χ4n) is 2.16. The first-order chi connectivity index (χ1) is 10.2. The van der Waals surface area contributed by atoms with Crippen LogP contribution >= 0.6 is 0 Å². The first kappa shape index (κ1) is 14.9. The second-order valence-corrected chi connectivity index (χ2v) is 4.27. The molecule has 1 aromatic heterocycles. The lowest BCUT2D eigenvalue weighted by atomic mass is 10.2. The number of aromatic nitrogens is 2. The van der Waals surface area contributed by atoms with E-state index in [1.165, 1.54) is 10.6 Å². The lowest BCUT2D eigenvalue weighted by Crippen LogP contribution is -2.23. The van der Waals surface area contributed by atoms with Crippen molar-refractivity contribution in [1.29, 1.82) is 0 Å². The van der Waals surface area contributed by atoms with Gasteiger partial charge in [-0.3, -0.25) is 9.36 Å². The van der Waals surface area contributed by atoms with Gasteiger partial charge in [-0.25, -0.2) is 9.37 Å². The predicted octanol–water partition coefficient (Wildman–Crippen LogP) is 3.86. The van der Waals surface area contributed by atoms with Gasteiger partial charge >= 0.3 is 0 Å². The molecule has 1 heterocycles. The van der Waals surface area contributed by atoms with Gasteiger partial charge in [-0.2, -0.15) is 0 Å². The van der Waals surface area contributed by atoms with Crippen molar-refractivity contribution < 1.29 is 4.39 Å². The zero-order chi connectivity index (χ0) is 15.4. The fourth-order valence-corrected chi connectivity index (χ4v) is 2.16. The maximum Gasteiger partial charge on any atom is 0.266 e. The van der Waals surface area contributed by atoms with Crippen molar-refractivity contribution in [2.75, 3.05) is 0 Å². The monoisotopic (exact) mass is 284 g/mol. The molecule has 0 fully saturated rings. The van der Waals surface area contributed by atoms with Gasteiger partial charge in [0, 0.05) is 0 Å². The minimum atomic E-state index is -0.440. The number of fused-ring (bicyclic) bond motifs is 1. The van der Waals surface area contributed by atoms with Crippen LogP contribution in [0.4, 0.5) is 4.39 Å². The van der Waals surface area contributed by atoms with Crippen LogP contribution in [-0.2, 0) is 0 Å². The Morgan fingerprint density at radius 3 is 2.33 bits per heavy atom. The predicted molar refractivity (Wildman–Crippen MR) is 83.4 cm³/mol. The Kier molecular flexibility index (Phi) is 4.48. The summed E-state index contributed by atoms with van der Waals surface area (Å²) >= 11 is 0. The molecule has 0 spiro atoms. The Bertz CT molecular complexity index is 824. The molecule has 21 heavy (non-hydrogen) atoms. The van der Waals surface area contributed by atoms with Gasteiger partial charge in [-0.15, -0.1) is 0 Å². The van der Waals surface area contributed by atoms with Crippen molar-refractivity contribution in [1.82, 2.24) is 9.55 Å². The molecule has 0 aliphatic carbocycles. The summed E-state index contributed by atoms with van der Waals surface area (Å²) in [7, 11) is 0. The van der Waals surface area contributed by atoms with Crippen LogP contribution in [0, 0.1) is 12.7 Å². The Morgan fingerprint density at radius 2 is 1.62 bits per heavy atom. The van der Waals surface area contributed by atoms with E-state index in [1.54, 1.807) is 43.3 Å². The number of para-hydroxylation sites is 2. The summed E-state index contributed by atoms with van der Waals surface area (Å²) in [5, 5.41) is 0.483. The van der Waals surface area contributed by atoms with E-state index < -0.39 is 5.82 Å². The quantitative estimate of drug-likeness (QED) is 0.680. The molecule has 0 bridgehead atoms. The Hall–Kier alpha value is -2.49. The van der Waals surface area contributed by atoms with Gasteiger partial charge in [0.2, 0.25) is 0 Å². The minimum absolute atomic E-state index is 0.225. The summed E-state index contributed by atoms with van der Waals surface area (Å²) in [4.78, 5) is 16.8. The number of hydrogen-bond donors (Lipinski definition) is 0. The molecule has 0 aliphatic heterocycles. The molecule has 0 radical (unpaired) electrons. The molecule has 0 amide bonds. The van der Waals surface area contributed by atoms with Crippen LogP contribution < -0.4 is 5.56 Å². The van der Waals surface area contributed by atoms with E-state index in [9.17, 15) is 9.18 Å². The van der Waals surface area contributed by atoms with Crippen LogP contribution in [0.1, 0.15) is 19.7 Å². The molecule has 0 saturated carbocycles. The lowest BCUT2D eigenvalue weighted by molar-refractivity contribution is 0.613. The Balaban J connectivity index is 0.000000774. The molecule has 0 aliphatic rings. The van der Waals surface area contributed by atoms with E-state index in [2.05, 4.69) is 4.98 Å². The standard InChI is InChI=1S/C15H11FN2O.C2H6/c1-10-17-13-8-4-2-6-11(13)15(19)18(10)14-9-5-3-7-12(14)16;1-2/h2-9H,1H3;1-2H3. The zero-order valence-electron chi connectivity index (χ0n) is 12.3. The maximum atomic E-state index is 13.8. The van der Waals surface area contributed by atoms with Gasteiger partial charge in [-0.05, 0) is 31.2 Å². The van der Waals surface area contributed by atoms with Crippen LogP contribution in [0.5, 0.6) is 0 Å². The van der Waals surface area contributed by atoms with E-state index >= 15 is 0 Å². The largest absolute Gasteiger partial charge is 0.268 e. The van der Waals surface area contributed by atoms with Crippen molar-refractivity contribution in [3.8, 4) is 5.69 Å². The van der Waals surface area contributed by atoms with Crippen LogP contribution in [0.25, 0.3) is 16.6 Å². The molecular formula is C17H17FN2O.